The molecule has 1 aromatic carbocycles. The van der Waals surface area contributed by atoms with E-state index in [0.29, 0.717) is 6.61 Å². The Hall–Kier alpha value is -1.26. The number of benzene rings is 1. The lowest BCUT2D eigenvalue weighted by molar-refractivity contribution is 0.282. The maximum absolute atomic E-state index is 8.64. The predicted molar refractivity (Wildman–Crippen MR) is 72.9 cm³/mol. The van der Waals surface area contributed by atoms with Gasteiger partial charge >= 0.3 is 0 Å². The molecule has 1 rings (SSSR count). The van der Waals surface area contributed by atoms with Crippen LogP contribution in [0.4, 0.5) is 0 Å². The van der Waals surface area contributed by atoms with Crippen molar-refractivity contribution in [2.45, 2.75) is 45.4 Å². The zero-order valence-corrected chi connectivity index (χ0v) is 10.7. The number of aliphatic hydroxyl groups excluding tert-OH is 1. The van der Waals surface area contributed by atoms with Gasteiger partial charge in [0.25, 0.3) is 0 Å². The van der Waals surface area contributed by atoms with Gasteiger partial charge in [-0.15, -0.1) is 0 Å². The van der Waals surface area contributed by atoms with Crippen LogP contribution in [0.15, 0.2) is 24.3 Å². The summed E-state index contributed by atoms with van der Waals surface area (Å²) < 4.78 is 0. The lowest BCUT2D eigenvalue weighted by atomic mass is 10.1. The Balaban J connectivity index is 2.28. The van der Waals surface area contributed by atoms with E-state index in [9.17, 15) is 0 Å². The third-order valence-corrected chi connectivity index (χ3v) is 2.78. The van der Waals surface area contributed by atoms with Gasteiger partial charge in [-0.2, -0.15) is 0 Å². The van der Waals surface area contributed by atoms with Gasteiger partial charge in [-0.1, -0.05) is 43.7 Å². The highest BCUT2D eigenvalue weighted by molar-refractivity contribution is 5.37. The van der Waals surface area contributed by atoms with E-state index < -0.39 is 0 Å². The first-order chi connectivity index (χ1) is 8.36. The van der Waals surface area contributed by atoms with Gasteiger partial charge < -0.3 is 5.11 Å². The van der Waals surface area contributed by atoms with Crippen LogP contribution in [0.1, 0.15) is 50.2 Å². The standard InChI is InChI=1S/C16H22O/c1-2-15-11-9-12-16(14-15)10-7-5-3-4-6-8-13-17/h9,11-12,14,17H,2-6,8,13H2,1H3. The minimum absolute atomic E-state index is 0.315. The second-order valence-electron chi connectivity index (χ2n) is 4.24. The first-order valence-electron chi connectivity index (χ1n) is 6.55. The van der Waals surface area contributed by atoms with Crippen molar-refractivity contribution in [3.05, 3.63) is 35.4 Å². The molecule has 0 aliphatic rings. The highest BCUT2D eigenvalue weighted by atomic mass is 16.2. The number of unbranched alkanes of at least 4 members (excludes halogenated alkanes) is 4. The van der Waals surface area contributed by atoms with Gasteiger partial charge in [0.15, 0.2) is 0 Å². The fraction of sp³-hybridized carbons (Fsp3) is 0.500. The lowest BCUT2D eigenvalue weighted by Crippen LogP contribution is -1.83. The second-order valence-corrected chi connectivity index (χ2v) is 4.24. The third kappa shape index (κ3) is 6.14. The molecule has 0 aliphatic heterocycles. The largest absolute Gasteiger partial charge is 0.396 e. The first-order valence-corrected chi connectivity index (χ1v) is 6.55. The van der Waals surface area contributed by atoms with Gasteiger partial charge in [-0.3, -0.25) is 0 Å². The summed E-state index contributed by atoms with van der Waals surface area (Å²) in [6.45, 7) is 2.48. The second kappa shape index (κ2) is 8.84. The van der Waals surface area contributed by atoms with E-state index in [1.807, 2.05) is 0 Å². The van der Waals surface area contributed by atoms with E-state index in [2.05, 4.69) is 43.0 Å². The van der Waals surface area contributed by atoms with Crippen LogP contribution in [-0.4, -0.2) is 11.7 Å². The van der Waals surface area contributed by atoms with Crippen molar-refractivity contribution in [3.63, 3.8) is 0 Å². The Morgan fingerprint density at radius 2 is 1.94 bits per heavy atom. The molecule has 0 fully saturated rings. The van der Waals surface area contributed by atoms with Crippen LogP contribution in [0.25, 0.3) is 0 Å². The van der Waals surface area contributed by atoms with Crippen molar-refractivity contribution in [1.82, 2.24) is 0 Å². The molecule has 92 valence electrons. The molecule has 0 heterocycles. The molecule has 0 radical (unpaired) electrons. The molecule has 0 atom stereocenters. The maximum Gasteiger partial charge on any atom is 0.0431 e. The fourth-order valence-corrected chi connectivity index (χ4v) is 1.71. The highest BCUT2D eigenvalue weighted by Gasteiger charge is 1.90. The normalized spacial score (nSPS) is 9.76. The Kier molecular flexibility index (Phi) is 7.18. The SMILES string of the molecule is CCc1cccc(C#CCCCCCCO)c1. The monoisotopic (exact) mass is 230 g/mol. The summed E-state index contributed by atoms with van der Waals surface area (Å²) in [5, 5.41) is 8.64. The van der Waals surface area contributed by atoms with Crippen molar-refractivity contribution >= 4 is 0 Å². The van der Waals surface area contributed by atoms with Crippen molar-refractivity contribution in [2.24, 2.45) is 0 Å². The predicted octanol–water partition coefficient (Wildman–Crippen LogP) is 3.54. The van der Waals surface area contributed by atoms with Crippen molar-refractivity contribution in [2.75, 3.05) is 6.61 Å². The van der Waals surface area contributed by atoms with E-state index in [1.54, 1.807) is 0 Å². The summed E-state index contributed by atoms with van der Waals surface area (Å²) in [6, 6.07) is 8.45. The molecule has 0 bridgehead atoms. The fourth-order valence-electron chi connectivity index (χ4n) is 1.71. The smallest absolute Gasteiger partial charge is 0.0431 e. The molecule has 1 aromatic rings. The first kappa shape index (κ1) is 13.8. The van der Waals surface area contributed by atoms with Gasteiger partial charge in [-0.05, 0) is 37.0 Å². The van der Waals surface area contributed by atoms with Crippen LogP contribution < -0.4 is 0 Å². The molecule has 0 spiro atoms. The average Bonchev–Trinajstić information content (AvgIpc) is 2.38. The molecule has 1 nitrogen and oxygen atoms in total. The number of aryl methyl sites for hydroxylation is 1. The summed E-state index contributed by atoms with van der Waals surface area (Å²) in [4.78, 5) is 0. The number of hydrogen-bond donors (Lipinski definition) is 1. The van der Waals surface area contributed by atoms with E-state index >= 15 is 0 Å². The molecule has 0 unspecified atom stereocenters. The number of hydrogen-bond acceptors (Lipinski definition) is 1. The lowest BCUT2D eigenvalue weighted by Gasteiger charge is -1.96. The van der Waals surface area contributed by atoms with Crippen LogP contribution in [0.3, 0.4) is 0 Å². The number of rotatable bonds is 6. The molecular formula is C16H22O. The zero-order valence-electron chi connectivity index (χ0n) is 10.7. The third-order valence-electron chi connectivity index (χ3n) is 2.78. The van der Waals surface area contributed by atoms with Gasteiger partial charge in [-0.25, -0.2) is 0 Å². The molecule has 0 aliphatic carbocycles. The van der Waals surface area contributed by atoms with Crippen LogP contribution >= 0.6 is 0 Å². The van der Waals surface area contributed by atoms with E-state index in [1.165, 1.54) is 12.0 Å². The molecule has 0 saturated heterocycles. The van der Waals surface area contributed by atoms with E-state index in [4.69, 9.17) is 5.11 Å². The Labute approximate surface area is 105 Å². The Bertz CT molecular complexity index is 371. The summed E-state index contributed by atoms with van der Waals surface area (Å²) in [5.41, 5.74) is 2.47. The molecular weight excluding hydrogens is 208 g/mol. The summed E-state index contributed by atoms with van der Waals surface area (Å²) >= 11 is 0. The molecule has 0 saturated carbocycles. The minimum atomic E-state index is 0.315. The zero-order chi connectivity index (χ0) is 12.3. The summed E-state index contributed by atoms with van der Waals surface area (Å²) in [5.74, 6) is 6.43. The van der Waals surface area contributed by atoms with Crippen LogP contribution in [0.2, 0.25) is 0 Å². The molecule has 1 N–H and O–H groups in total. The van der Waals surface area contributed by atoms with Gasteiger partial charge in [0.2, 0.25) is 0 Å². The maximum atomic E-state index is 8.64. The van der Waals surface area contributed by atoms with Crippen molar-refractivity contribution in [1.29, 1.82) is 0 Å². The molecule has 1 heteroatoms. The van der Waals surface area contributed by atoms with Crippen molar-refractivity contribution in [3.8, 4) is 11.8 Å². The van der Waals surface area contributed by atoms with Crippen LogP contribution in [0, 0.1) is 11.8 Å². The molecule has 0 amide bonds. The number of aliphatic hydroxyl groups is 1. The van der Waals surface area contributed by atoms with Gasteiger partial charge in [0.05, 0.1) is 0 Å². The summed E-state index contributed by atoms with van der Waals surface area (Å²) in [7, 11) is 0. The summed E-state index contributed by atoms with van der Waals surface area (Å²) in [6.07, 6.45) is 6.37. The van der Waals surface area contributed by atoms with Gasteiger partial charge in [0.1, 0.15) is 0 Å². The van der Waals surface area contributed by atoms with Gasteiger partial charge in [0, 0.05) is 18.6 Å². The molecule has 17 heavy (non-hydrogen) atoms. The van der Waals surface area contributed by atoms with E-state index in [-0.39, 0.29) is 0 Å². The topological polar surface area (TPSA) is 20.2 Å². The van der Waals surface area contributed by atoms with Crippen LogP contribution in [0.5, 0.6) is 0 Å². The average molecular weight is 230 g/mol. The van der Waals surface area contributed by atoms with Crippen molar-refractivity contribution < 1.29 is 5.11 Å². The Morgan fingerprint density at radius 1 is 1.12 bits per heavy atom. The van der Waals surface area contributed by atoms with Crippen LogP contribution in [-0.2, 0) is 6.42 Å². The quantitative estimate of drug-likeness (QED) is 0.585. The Morgan fingerprint density at radius 3 is 2.71 bits per heavy atom. The minimum Gasteiger partial charge on any atom is -0.396 e. The highest BCUT2D eigenvalue weighted by Crippen LogP contribution is 2.05. The molecule has 0 aromatic heterocycles. The van der Waals surface area contributed by atoms with E-state index in [0.717, 1.165) is 37.7 Å².